The van der Waals surface area contributed by atoms with Crippen LogP contribution in [0, 0.1) is 19.8 Å². The van der Waals surface area contributed by atoms with E-state index < -0.39 is 0 Å². The molecule has 6 heteroatoms. The number of aryl methyl sites for hydroxylation is 2. The van der Waals surface area contributed by atoms with Crippen molar-refractivity contribution in [2.24, 2.45) is 5.92 Å². The zero-order valence-corrected chi connectivity index (χ0v) is 13.1. The molecule has 2 aromatic heterocycles. The zero-order chi connectivity index (χ0) is 14.9. The fourth-order valence-corrected chi connectivity index (χ4v) is 2.90. The van der Waals surface area contributed by atoms with Crippen LogP contribution in [-0.2, 0) is 6.54 Å². The first-order valence-electron chi connectivity index (χ1n) is 6.70. The minimum absolute atomic E-state index is 0.000648. The number of hydrogen-bond donors (Lipinski definition) is 1. The fourth-order valence-electron chi connectivity index (χ4n) is 2.19. The molecule has 2 aromatic rings. The molecule has 2 N–H and O–H groups in total. The van der Waals surface area contributed by atoms with Crippen molar-refractivity contribution in [2.75, 3.05) is 5.73 Å². The maximum absolute atomic E-state index is 12.7. The number of nitrogen functional groups attached to an aromatic ring is 1. The molecule has 0 saturated heterocycles. The lowest BCUT2D eigenvalue weighted by molar-refractivity contribution is 0.502. The lowest BCUT2D eigenvalue weighted by atomic mass is 10.1. The average Bonchev–Trinajstić information content (AvgIpc) is 2.74. The van der Waals surface area contributed by atoms with Crippen LogP contribution in [0.5, 0.6) is 0 Å². The third kappa shape index (κ3) is 2.90. The Labute approximate surface area is 122 Å². The van der Waals surface area contributed by atoms with Crippen molar-refractivity contribution in [3.8, 4) is 10.6 Å². The van der Waals surface area contributed by atoms with Gasteiger partial charge in [0.05, 0.1) is 5.56 Å². The van der Waals surface area contributed by atoms with E-state index in [-0.39, 0.29) is 5.56 Å². The molecule has 0 aliphatic heterocycles. The molecule has 108 valence electrons. The highest BCUT2D eigenvalue weighted by molar-refractivity contribution is 7.18. The number of rotatable bonds is 4. The molecule has 0 radical (unpaired) electrons. The SMILES string of the molecule is Cc1cc(C)n(CCC(C)C)c(=O)c1-c1nnc(N)s1. The van der Waals surface area contributed by atoms with Crippen molar-refractivity contribution >= 4 is 16.5 Å². The van der Waals surface area contributed by atoms with Gasteiger partial charge in [0.2, 0.25) is 5.13 Å². The van der Waals surface area contributed by atoms with Gasteiger partial charge in [0.25, 0.3) is 5.56 Å². The minimum atomic E-state index is -0.000648. The Morgan fingerprint density at radius 2 is 2.05 bits per heavy atom. The average molecular weight is 292 g/mol. The molecule has 0 aromatic carbocycles. The molecule has 2 heterocycles. The summed E-state index contributed by atoms with van der Waals surface area (Å²) in [7, 11) is 0. The van der Waals surface area contributed by atoms with Crippen molar-refractivity contribution in [1.82, 2.24) is 14.8 Å². The van der Waals surface area contributed by atoms with Gasteiger partial charge in [0, 0.05) is 12.2 Å². The molecular weight excluding hydrogens is 272 g/mol. The minimum Gasteiger partial charge on any atom is -0.374 e. The molecule has 2 rings (SSSR count). The van der Waals surface area contributed by atoms with E-state index >= 15 is 0 Å². The summed E-state index contributed by atoms with van der Waals surface area (Å²) >= 11 is 1.25. The van der Waals surface area contributed by atoms with Gasteiger partial charge < -0.3 is 10.3 Å². The zero-order valence-electron chi connectivity index (χ0n) is 12.3. The Bertz CT molecular complexity index is 672. The first-order valence-corrected chi connectivity index (χ1v) is 7.52. The summed E-state index contributed by atoms with van der Waals surface area (Å²) in [6, 6.07) is 2.02. The van der Waals surface area contributed by atoms with E-state index in [0.29, 0.717) is 21.6 Å². The maximum Gasteiger partial charge on any atom is 0.261 e. The van der Waals surface area contributed by atoms with Crippen LogP contribution in [0.15, 0.2) is 10.9 Å². The number of pyridine rings is 1. The van der Waals surface area contributed by atoms with Gasteiger partial charge in [-0.05, 0) is 37.8 Å². The highest BCUT2D eigenvalue weighted by atomic mass is 32.1. The topological polar surface area (TPSA) is 73.8 Å². The van der Waals surface area contributed by atoms with Crippen LogP contribution in [0.4, 0.5) is 5.13 Å². The lowest BCUT2D eigenvalue weighted by Gasteiger charge is -2.14. The molecule has 0 aliphatic rings. The monoisotopic (exact) mass is 292 g/mol. The van der Waals surface area contributed by atoms with Crippen LogP contribution in [0.3, 0.4) is 0 Å². The highest BCUT2D eigenvalue weighted by Gasteiger charge is 2.16. The first-order chi connectivity index (χ1) is 9.40. The van der Waals surface area contributed by atoms with Crippen molar-refractivity contribution in [2.45, 2.75) is 40.7 Å². The summed E-state index contributed by atoms with van der Waals surface area (Å²) in [5, 5.41) is 8.79. The van der Waals surface area contributed by atoms with E-state index in [9.17, 15) is 4.79 Å². The van der Waals surface area contributed by atoms with Gasteiger partial charge in [0.15, 0.2) is 5.01 Å². The Balaban J connectivity index is 2.53. The molecular formula is C14H20N4OS. The molecule has 0 amide bonds. The first kappa shape index (κ1) is 14.7. The number of aromatic nitrogens is 3. The van der Waals surface area contributed by atoms with Gasteiger partial charge in [0.1, 0.15) is 0 Å². The van der Waals surface area contributed by atoms with Gasteiger partial charge in [-0.15, -0.1) is 10.2 Å². The predicted octanol–water partition coefficient (Wildman–Crippen LogP) is 2.61. The van der Waals surface area contributed by atoms with Gasteiger partial charge in [-0.25, -0.2) is 0 Å². The Kier molecular flexibility index (Phi) is 4.23. The molecule has 20 heavy (non-hydrogen) atoms. The molecule has 5 nitrogen and oxygen atoms in total. The lowest BCUT2D eigenvalue weighted by Crippen LogP contribution is -2.25. The van der Waals surface area contributed by atoms with Crippen LogP contribution < -0.4 is 11.3 Å². The van der Waals surface area contributed by atoms with Crippen molar-refractivity contribution in [1.29, 1.82) is 0 Å². The van der Waals surface area contributed by atoms with Crippen LogP contribution in [-0.4, -0.2) is 14.8 Å². The standard InChI is InChI=1S/C14H20N4OS/c1-8(2)5-6-18-10(4)7-9(3)11(13(18)19)12-16-17-14(15)20-12/h7-8H,5-6H2,1-4H3,(H2,15,17). The van der Waals surface area contributed by atoms with Gasteiger partial charge in [-0.1, -0.05) is 25.2 Å². The van der Waals surface area contributed by atoms with Crippen LogP contribution >= 0.6 is 11.3 Å². The second kappa shape index (κ2) is 5.75. The smallest absolute Gasteiger partial charge is 0.261 e. The molecule has 0 atom stereocenters. The molecule has 0 fully saturated rings. The largest absolute Gasteiger partial charge is 0.374 e. The van der Waals surface area contributed by atoms with Gasteiger partial charge in [-0.2, -0.15) is 0 Å². The summed E-state index contributed by atoms with van der Waals surface area (Å²) < 4.78 is 1.82. The number of nitrogens with zero attached hydrogens (tertiary/aromatic N) is 3. The van der Waals surface area contributed by atoms with Crippen LogP contribution in [0.2, 0.25) is 0 Å². The molecule has 0 aliphatic carbocycles. The van der Waals surface area contributed by atoms with Crippen LogP contribution in [0.1, 0.15) is 31.5 Å². The number of nitrogens with two attached hydrogens (primary N) is 1. The van der Waals surface area contributed by atoms with E-state index in [1.54, 1.807) is 0 Å². The van der Waals surface area contributed by atoms with E-state index in [1.807, 2.05) is 24.5 Å². The summed E-state index contributed by atoms with van der Waals surface area (Å²) in [6.07, 6.45) is 0.974. The Morgan fingerprint density at radius 1 is 1.35 bits per heavy atom. The van der Waals surface area contributed by atoms with E-state index in [2.05, 4.69) is 24.0 Å². The van der Waals surface area contributed by atoms with Crippen molar-refractivity contribution in [3.05, 3.63) is 27.7 Å². The molecule has 0 bridgehead atoms. The Hall–Kier alpha value is -1.69. The van der Waals surface area contributed by atoms with Crippen molar-refractivity contribution in [3.63, 3.8) is 0 Å². The second-order valence-corrected chi connectivity index (χ2v) is 6.44. The number of anilines is 1. The van der Waals surface area contributed by atoms with Crippen LogP contribution in [0.25, 0.3) is 10.6 Å². The molecule has 0 spiro atoms. The van der Waals surface area contributed by atoms with E-state index in [0.717, 1.165) is 24.2 Å². The van der Waals surface area contributed by atoms with E-state index in [1.165, 1.54) is 11.3 Å². The highest BCUT2D eigenvalue weighted by Crippen LogP contribution is 2.25. The molecule has 0 unspecified atom stereocenters. The van der Waals surface area contributed by atoms with Gasteiger partial charge in [-0.3, -0.25) is 4.79 Å². The summed E-state index contributed by atoms with van der Waals surface area (Å²) in [6.45, 7) is 8.92. The maximum atomic E-state index is 12.7. The molecule has 0 saturated carbocycles. The Morgan fingerprint density at radius 3 is 2.60 bits per heavy atom. The fraction of sp³-hybridized carbons (Fsp3) is 0.500. The third-order valence-corrected chi connectivity index (χ3v) is 4.06. The summed E-state index contributed by atoms with van der Waals surface area (Å²) in [5.74, 6) is 0.559. The third-order valence-electron chi connectivity index (χ3n) is 3.29. The normalized spacial score (nSPS) is 11.2. The predicted molar refractivity (Wildman–Crippen MR) is 82.9 cm³/mol. The second-order valence-electron chi connectivity index (χ2n) is 5.43. The quantitative estimate of drug-likeness (QED) is 0.940. The number of hydrogen-bond acceptors (Lipinski definition) is 5. The van der Waals surface area contributed by atoms with Crippen molar-refractivity contribution < 1.29 is 0 Å². The summed E-state index contributed by atoms with van der Waals surface area (Å²) in [4.78, 5) is 12.7. The van der Waals surface area contributed by atoms with Gasteiger partial charge >= 0.3 is 0 Å². The summed E-state index contributed by atoms with van der Waals surface area (Å²) in [5.41, 5.74) is 8.14. The van der Waals surface area contributed by atoms with E-state index in [4.69, 9.17) is 5.73 Å².